The average Bonchev–Trinajstić information content (AvgIpc) is 2.74. The zero-order chi connectivity index (χ0) is 12.5. The van der Waals surface area contributed by atoms with Crippen molar-refractivity contribution in [2.75, 3.05) is 0 Å². The highest BCUT2D eigenvalue weighted by molar-refractivity contribution is 9.10. The molecule has 2 aromatic rings. The Labute approximate surface area is 114 Å². The largest absolute Gasteiger partial charge is 0.439 e. The molecule has 0 spiro atoms. The number of hydrogen-bond donors (Lipinski definition) is 0. The highest BCUT2D eigenvalue weighted by Gasteiger charge is 2.12. The summed E-state index contributed by atoms with van der Waals surface area (Å²) in [6.45, 7) is 1.85. The Morgan fingerprint density at radius 1 is 1.11 bits per heavy atom. The Morgan fingerprint density at radius 2 is 1.94 bits per heavy atom. The Balaban J connectivity index is 1.88. The lowest BCUT2D eigenvalue weighted by molar-refractivity contribution is 0.458. The maximum Gasteiger partial charge on any atom is 0.223 e. The Morgan fingerprint density at radius 3 is 2.78 bits per heavy atom. The zero-order valence-electron chi connectivity index (χ0n) is 10.1. The van der Waals surface area contributed by atoms with Crippen LogP contribution in [0, 0.1) is 6.92 Å². The fourth-order valence-electron chi connectivity index (χ4n) is 2.29. The van der Waals surface area contributed by atoms with Crippen LogP contribution in [-0.4, -0.2) is 9.97 Å². The van der Waals surface area contributed by atoms with Gasteiger partial charge in [-0.2, -0.15) is 4.98 Å². The second-order valence-electron chi connectivity index (χ2n) is 4.46. The van der Waals surface area contributed by atoms with Crippen LogP contribution in [0.2, 0.25) is 0 Å². The molecule has 0 aliphatic heterocycles. The van der Waals surface area contributed by atoms with Crippen LogP contribution in [0.4, 0.5) is 0 Å². The average molecular weight is 305 g/mol. The number of ether oxygens (including phenoxy) is 1. The molecular formula is C14H13BrN2O. The van der Waals surface area contributed by atoms with Crippen LogP contribution in [-0.2, 0) is 12.8 Å². The quantitative estimate of drug-likeness (QED) is 0.791. The first-order valence-corrected chi connectivity index (χ1v) is 6.81. The fraction of sp³-hybridized carbons (Fsp3) is 0.286. The van der Waals surface area contributed by atoms with Crippen LogP contribution in [0.1, 0.15) is 23.4 Å². The molecule has 0 fully saturated rings. The third kappa shape index (κ3) is 2.38. The summed E-state index contributed by atoms with van der Waals surface area (Å²) in [6.07, 6.45) is 3.59. The summed E-state index contributed by atoms with van der Waals surface area (Å²) < 4.78 is 6.53. The minimum Gasteiger partial charge on any atom is -0.439 e. The van der Waals surface area contributed by atoms with E-state index in [1.807, 2.05) is 13.0 Å². The van der Waals surface area contributed by atoms with E-state index in [2.05, 4.69) is 38.0 Å². The van der Waals surface area contributed by atoms with Crippen molar-refractivity contribution in [1.82, 2.24) is 9.97 Å². The molecule has 0 atom stereocenters. The van der Waals surface area contributed by atoms with Crippen LogP contribution in [0.3, 0.4) is 0 Å². The highest BCUT2D eigenvalue weighted by Crippen LogP contribution is 2.28. The Kier molecular flexibility index (Phi) is 3.04. The molecule has 3 rings (SSSR count). The number of aryl methyl sites for hydroxylation is 3. The monoisotopic (exact) mass is 304 g/mol. The number of hydrogen-bond acceptors (Lipinski definition) is 3. The van der Waals surface area contributed by atoms with Gasteiger partial charge in [-0.25, -0.2) is 4.98 Å². The molecule has 0 N–H and O–H groups in total. The maximum absolute atomic E-state index is 5.78. The van der Waals surface area contributed by atoms with Gasteiger partial charge in [-0.3, -0.25) is 0 Å². The number of fused-ring (bicyclic) bond motifs is 1. The van der Waals surface area contributed by atoms with Gasteiger partial charge in [0.2, 0.25) is 5.88 Å². The minimum atomic E-state index is 0.576. The second-order valence-corrected chi connectivity index (χ2v) is 5.27. The van der Waals surface area contributed by atoms with Gasteiger partial charge in [0.25, 0.3) is 0 Å². The lowest BCUT2D eigenvalue weighted by atomic mass is 10.1. The number of aromatic nitrogens is 2. The van der Waals surface area contributed by atoms with Crippen LogP contribution < -0.4 is 4.74 Å². The standard InChI is InChI=1S/C14H13BrN2O/c1-9-16-13(15)8-14(17-9)18-12-6-5-10-3-2-4-11(10)7-12/h5-8H,2-4H2,1H3. The van der Waals surface area contributed by atoms with Crippen molar-refractivity contribution in [3.63, 3.8) is 0 Å². The van der Waals surface area contributed by atoms with Crippen LogP contribution in [0.5, 0.6) is 11.6 Å². The van der Waals surface area contributed by atoms with Gasteiger partial charge >= 0.3 is 0 Å². The van der Waals surface area contributed by atoms with Gasteiger partial charge in [0.15, 0.2) is 0 Å². The van der Waals surface area contributed by atoms with Gasteiger partial charge in [0.1, 0.15) is 16.2 Å². The molecule has 1 aromatic carbocycles. The summed E-state index contributed by atoms with van der Waals surface area (Å²) in [4.78, 5) is 8.42. The van der Waals surface area contributed by atoms with Gasteiger partial charge < -0.3 is 4.74 Å². The summed E-state index contributed by atoms with van der Waals surface area (Å²) in [5.41, 5.74) is 2.85. The topological polar surface area (TPSA) is 35.0 Å². The summed E-state index contributed by atoms with van der Waals surface area (Å²) in [5, 5.41) is 0. The number of rotatable bonds is 2. The van der Waals surface area contributed by atoms with E-state index in [-0.39, 0.29) is 0 Å². The highest BCUT2D eigenvalue weighted by atomic mass is 79.9. The predicted octanol–water partition coefficient (Wildman–Crippen LogP) is 3.83. The third-order valence-corrected chi connectivity index (χ3v) is 3.48. The summed E-state index contributed by atoms with van der Waals surface area (Å²) in [5.74, 6) is 2.12. The van der Waals surface area contributed by atoms with E-state index in [1.54, 1.807) is 6.07 Å². The van der Waals surface area contributed by atoms with Crippen LogP contribution in [0.25, 0.3) is 0 Å². The second kappa shape index (κ2) is 4.69. The van der Waals surface area contributed by atoms with Gasteiger partial charge in [-0.15, -0.1) is 0 Å². The minimum absolute atomic E-state index is 0.576. The van der Waals surface area contributed by atoms with E-state index in [0.29, 0.717) is 11.7 Å². The van der Waals surface area contributed by atoms with Crippen molar-refractivity contribution in [2.45, 2.75) is 26.2 Å². The van der Waals surface area contributed by atoms with Crippen LogP contribution in [0.15, 0.2) is 28.9 Å². The number of halogens is 1. The molecule has 0 radical (unpaired) electrons. The molecule has 0 bridgehead atoms. The molecule has 4 heteroatoms. The molecule has 0 saturated heterocycles. The maximum atomic E-state index is 5.78. The third-order valence-electron chi connectivity index (χ3n) is 3.08. The normalized spacial score (nSPS) is 13.4. The molecule has 3 nitrogen and oxygen atoms in total. The van der Waals surface area contributed by atoms with E-state index in [1.165, 1.54) is 24.0 Å². The first-order chi connectivity index (χ1) is 8.70. The van der Waals surface area contributed by atoms with Crippen molar-refractivity contribution >= 4 is 15.9 Å². The summed E-state index contributed by atoms with van der Waals surface area (Å²) in [6, 6.07) is 8.06. The smallest absolute Gasteiger partial charge is 0.223 e. The summed E-state index contributed by atoms with van der Waals surface area (Å²) >= 11 is 3.34. The van der Waals surface area contributed by atoms with Crippen LogP contribution >= 0.6 is 15.9 Å². The molecule has 0 amide bonds. The molecule has 18 heavy (non-hydrogen) atoms. The number of benzene rings is 1. The van der Waals surface area contributed by atoms with Crippen molar-refractivity contribution in [2.24, 2.45) is 0 Å². The SMILES string of the molecule is Cc1nc(Br)cc(Oc2ccc3c(c2)CCC3)n1. The fourth-order valence-corrected chi connectivity index (χ4v) is 2.74. The van der Waals surface area contributed by atoms with Crippen molar-refractivity contribution in [3.05, 3.63) is 45.8 Å². The predicted molar refractivity (Wildman–Crippen MR) is 73.0 cm³/mol. The molecule has 92 valence electrons. The molecule has 1 aromatic heterocycles. The van der Waals surface area contributed by atoms with Crippen molar-refractivity contribution < 1.29 is 4.74 Å². The van der Waals surface area contributed by atoms with Gasteiger partial charge in [0, 0.05) is 6.07 Å². The van der Waals surface area contributed by atoms with E-state index in [9.17, 15) is 0 Å². The van der Waals surface area contributed by atoms with Crippen molar-refractivity contribution in [3.8, 4) is 11.6 Å². The van der Waals surface area contributed by atoms with E-state index in [0.717, 1.165) is 16.8 Å². The molecule has 1 aliphatic carbocycles. The first kappa shape index (κ1) is 11.7. The lowest BCUT2D eigenvalue weighted by Gasteiger charge is -2.07. The van der Waals surface area contributed by atoms with E-state index >= 15 is 0 Å². The Bertz CT molecular complexity index is 578. The molecule has 0 saturated carbocycles. The molecule has 1 aliphatic rings. The first-order valence-electron chi connectivity index (χ1n) is 6.01. The Hall–Kier alpha value is -1.42. The molecule has 0 unspecified atom stereocenters. The van der Waals surface area contributed by atoms with Gasteiger partial charge in [-0.1, -0.05) is 6.07 Å². The van der Waals surface area contributed by atoms with E-state index in [4.69, 9.17) is 4.74 Å². The lowest BCUT2D eigenvalue weighted by Crippen LogP contribution is -1.94. The molecule has 1 heterocycles. The molecular weight excluding hydrogens is 292 g/mol. The van der Waals surface area contributed by atoms with E-state index < -0.39 is 0 Å². The van der Waals surface area contributed by atoms with Gasteiger partial charge in [-0.05, 0) is 65.4 Å². The van der Waals surface area contributed by atoms with Gasteiger partial charge in [0.05, 0.1) is 0 Å². The number of nitrogens with zero attached hydrogens (tertiary/aromatic N) is 2. The van der Waals surface area contributed by atoms with Crippen molar-refractivity contribution in [1.29, 1.82) is 0 Å². The zero-order valence-corrected chi connectivity index (χ0v) is 11.7. The summed E-state index contributed by atoms with van der Waals surface area (Å²) in [7, 11) is 0.